The van der Waals surface area contributed by atoms with E-state index in [1.807, 2.05) is 0 Å². The maximum absolute atomic E-state index is 11.6. The van der Waals surface area contributed by atoms with E-state index in [-0.39, 0.29) is 16.9 Å². The van der Waals surface area contributed by atoms with Crippen LogP contribution in [0.2, 0.25) is 0 Å². The van der Waals surface area contributed by atoms with Crippen LogP contribution in [-0.2, 0) is 9.53 Å². The Hall–Kier alpha value is -0.370. The zero-order valence-corrected chi connectivity index (χ0v) is 11.0. The van der Waals surface area contributed by atoms with Crippen molar-refractivity contribution in [3.8, 4) is 0 Å². The third kappa shape index (κ3) is 1.32. The van der Waals surface area contributed by atoms with Gasteiger partial charge in [-0.1, -0.05) is 33.6 Å². The first-order valence-corrected chi connectivity index (χ1v) is 6.48. The van der Waals surface area contributed by atoms with Crippen molar-refractivity contribution >= 4 is 6.29 Å². The van der Waals surface area contributed by atoms with Gasteiger partial charge in [0.15, 0.2) is 0 Å². The SMILES string of the molecule is CO[C@H]1C2CCCCC2[C@@](C)(C=O)C1(C)C. The first-order chi connectivity index (χ1) is 7.49. The molecule has 2 fully saturated rings. The monoisotopic (exact) mass is 224 g/mol. The molecule has 2 saturated carbocycles. The summed E-state index contributed by atoms with van der Waals surface area (Å²) in [5, 5.41) is 0. The van der Waals surface area contributed by atoms with Crippen molar-refractivity contribution in [2.75, 3.05) is 7.11 Å². The Morgan fingerprint density at radius 3 is 2.38 bits per heavy atom. The zero-order valence-electron chi connectivity index (χ0n) is 11.0. The Labute approximate surface area is 98.7 Å². The molecule has 0 aromatic carbocycles. The number of ether oxygens (including phenoxy) is 1. The molecular formula is C14H24O2. The molecule has 2 nitrogen and oxygen atoms in total. The topological polar surface area (TPSA) is 26.3 Å². The van der Waals surface area contributed by atoms with Gasteiger partial charge in [0, 0.05) is 17.9 Å². The zero-order chi connectivity index (χ0) is 12.0. The summed E-state index contributed by atoms with van der Waals surface area (Å²) in [7, 11) is 1.80. The smallest absolute Gasteiger partial charge is 0.126 e. The van der Waals surface area contributed by atoms with Gasteiger partial charge in [-0.05, 0) is 24.7 Å². The highest BCUT2D eigenvalue weighted by Gasteiger charge is 2.62. The van der Waals surface area contributed by atoms with Crippen LogP contribution in [0.25, 0.3) is 0 Å². The summed E-state index contributed by atoms with van der Waals surface area (Å²) >= 11 is 0. The fraction of sp³-hybridized carbons (Fsp3) is 0.929. The molecule has 0 bridgehead atoms. The number of fused-ring (bicyclic) bond motifs is 1. The average molecular weight is 224 g/mol. The maximum atomic E-state index is 11.6. The minimum Gasteiger partial charge on any atom is -0.381 e. The summed E-state index contributed by atoms with van der Waals surface area (Å²) in [4.78, 5) is 11.6. The molecular weight excluding hydrogens is 200 g/mol. The third-order valence-corrected chi connectivity index (χ3v) is 5.58. The molecule has 2 rings (SSSR count). The highest BCUT2D eigenvalue weighted by molar-refractivity contribution is 5.62. The van der Waals surface area contributed by atoms with Gasteiger partial charge in [0.05, 0.1) is 6.10 Å². The average Bonchev–Trinajstić information content (AvgIpc) is 2.45. The summed E-state index contributed by atoms with van der Waals surface area (Å²) in [6.07, 6.45) is 6.45. The molecule has 0 spiro atoms. The summed E-state index contributed by atoms with van der Waals surface area (Å²) in [6, 6.07) is 0. The third-order valence-electron chi connectivity index (χ3n) is 5.58. The Balaban J connectivity index is 2.42. The van der Waals surface area contributed by atoms with E-state index < -0.39 is 0 Å². The molecule has 0 aromatic heterocycles. The second-order valence-corrected chi connectivity index (χ2v) is 6.33. The standard InChI is InChI=1S/C14H24O2/c1-13(2)12(16-4)10-7-5-6-8-11(10)14(13,3)9-15/h9-12H,5-8H2,1-4H3/t10?,11?,12-,14+/m0/s1. The minimum absolute atomic E-state index is 0.0385. The molecule has 2 aliphatic carbocycles. The van der Waals surface area contributed by atoms with Crippen molar-refractivity contribution in [3.05, 3.63) is 0 Å². The summed E-state index contributed by atoms with van der Waals surface area (Å²) in [5.74, 6) is 1.11. The van der Waals surface area contributed by atoms with Crippen molar-refractivity contribution in [2.24, 2.45) is 22.7 Å². The number of hydrogen-bond donors (Lipinski definition) is 0. The van der Waals surface area contributed by atoms with Crippen molar-refractivity contribution in [1.82, 2.24) is 0 Å². The molecule has 2 heteroatoms. The second kappa shape index (κ2) is 3.83. The van der Waals surface area contributed by atoms with Crippen molar-refractivity contribution < 1.29 is 9.53 Å². The highest BCUT2D eigenvalue weighted by Crippen LogP contribution is 2.62. The molecule has 0 heterocycles. The largest absolute Gasteiger partial charge is 0.381 e. The maximum Gasteiger partial charge on any atom is 0.126 e. The minimum atomic E-state index is -0.210. The Kier molecular flexibility index (Phi) is 2.90. The fourth-order valence-electron chi connectivity index (χ4n) is 4.29. The lowest BCUT2D eigenvalue weighted by Crippen LogP contribution is -2.41. The number of rotatable bonds is 2. The van der Waals surface area contributed by atoms with Gasteiger partial charge in [-0.3, -0.25) is 0 Å². The lowest BCUT2D eigenvalue weighted by molar-refractivity contribution is -0.125. The van der Waals surface area contributed by atoms with Gasteiger partial charge >= 0.3 is 0 Å². The van der Waals surface area contributed by atoms with Gasteiger partial charge in [-0.2, -0.15) is 0 Å². The van der Waals surface area contributed by atoms with Crippen molar-refractivity contribution in [3.63, 3.8) is 0 Å². The second-order valence-electron chi connectivity index (χ2n) is 6.33. The van der Waals surface area contributed by atoms with Crippen LogP contribution in [0.15, 0.2) is 0 Å². The van der Waals surface area contributed by atoms with E-state index in [1.165, 1.54) is 32.0 Å². The quantitative estimate of drug-likeness (QED) is 0.674. The number of carbonyl (C=O) groups excluding carboxylic acids is 1. The normalized spacial score (nSPS) is 46.4. The van der Waals surface area contributed by atoms with Gasteiger partial charge < -0.3 is 9.53 Å². The fourth-order valence-corrected chi connectivity index (χ4v) is 4.29. The van der Waals surface area contributed by atoms with E-state index in [0.29, 0.717) is 11.8 Å². The molecule has 0 saturated heterocycles. The van der Waals surface area contributed by atoms with Gasteiger partial charge in [-0.25, -0.2) is 0 Å². The summed E-state index contributed by atoms with van der Waals surface area (Å²) in [6.45, 7) is 6.55. The van der Waals surface area contributed by atoms with E-state index in [9.17, 15) is 4.79 Å². The van der Waals surface area contributed by atoms with E-state index >= 15 is 0 Å². The first-order valence-electron chi connectivity index (χ1n) is 6.48. The Bertz CT molecular complexity index is 284. The van der Waals surface area contributed by atoms with Crippen LogP contribution >= 0.6 is 0 Å². The van der Waals surface area contributed by atoms with E-state index in [1.54, 1.807) is 7.11 Å². The van der Waals surface area contributed by atoms with Crippen LogP contribution in [0.3, 0.4) is 0 Å². The Morgan fingerprint density at radius 1 is 1.19 bits per heavy atom. The Morgan fingerprint density at radius 2 is 1.81 bits per heavy atom. The van der Waals surface area contributed by atoms with Crippen LogP contribution in [0.1, 0.15) is 46.5 Å². The van der Waals surface area contributed by atoms with Gasteiger partial charge in [0.1, 0.15) is 6.29 Å². The predicted molar refractivity (Wildman–Crippen MR) is 64.2 cm³/mol. The van der Waals surface area contributed by atoms with Crippen LogP contribution in [-0.4, -0.2) is 19.5 Å². The molecule has 4 atom stereocenters. The summed E-state index contributed by atoms with van der Waals surface area (Å²) in [5.41, 5.74) is -0.248. The molecule has 0 N–H and O–H groups in total. The number of hydrogen-bond acceptors (Lipinski definition) is 2. The molecule has 2 aliphatic rings. The predicted octanol–water partition coefficient (Wildman–Crippen LogP) is 3.05. The highest BCUT2D eigenvalue weighted by atomic mass is 16.5. The van der Waals surface area contributed by atoms with Crippen molar-refractivity contribution in [2.45, 2.75) is 52.6 Å². The van der Waals surface area contributed by atoms with Crippen LogP contribution in [0.5, 0.6) is 0 Å². The van der Waals surface area contributed by atoms with E-state index in [2.05, 4.69) is 20.8 Å². The van der Waals surface area contributed by atoms with Gasteiger partial charge in [0.25, 0.3) is 0 Å². The number of aldehydes is 1. The first kappa shape index (κ1) is 12.1. The molecule has 0 aliphatic heterocycles. The van der Waals surface area contributed by atoms with Crippen LogP contribution in [0, 0.1) is 22.7 Å². The summed E-state index contributed by atoms with van der Waals surface area (Å²) < 4.78 is 5.73. The molecule has 92 valence electrons. The van der Waals surface area contributed by atoms with Gasteiger partial charge in [-0.15, -0.1) is 0 Å². The van der Waals surface area contributed by atoms with Crippen LogP contribution < -0.4 is 0 Å². The number of methoxy groups -OCH3 is 1. The lowest BCUT2D eigenvalue weighted by atomic mass is 9.64. The van der Waals surface area contributed by atoms with E-state index in [4.69, 9.17) is 4.74 Å². The van der Waals surface area contributed by atoms with Crippen LogP contribution in [0.4, 0.5) is 0 Å². The molecule has 0 aromatic rings. The van der Waals surface area contributed by atoms with Crippen molar-refractivity contribution in [1.29, 1.82) is 0 Å². The molecule has 0 amide bonds. The van der Waals surface area contributed by atoms with E-state index in [0.717, 1.165) is 0 Å². The lowest BCUT2D eigenvalue weighted by Gasteiger charge is -2.39. The molecule has 2 unspecified atom stereocenters. The molecule has 0 radical (unpaired) electrons. The number of carbonyl (C=O) groups is 1. The van der Waals surface area contributed by atoms with Gasteiger partial charge in [0.2, 0.25) is 0 Å². The molecule has 16 heavy (non-hydrogen) atoms.